The number of ether oxygens (including phenoxy) is 2. The van der Waals surface area contributed by atoms with Crippen LogP contribution in [0.5, 0.6) is 0 Å². The lowest BCUT2D eigenvalue weighted by Gasteiger charge is -2.44. The van der Waals surface area contributed by atoms with Crippen molar-refractivity contribution in [3.63, 3.8) is 0 Å². The van der Waals surface area contributed by atoms with E-state index in [4.69, 9.17) is 9.47 Å². The molecule has 1 aliphatic carbocycles. The number of carbonyl (C=O) groups excluding carboxylic acids is 3. The maximum Gasteiger partial charge on any atom is 0.410 e. The lowest BCUT2D eigenvalue weighted by atomic mass is 9.98. The number of benzene rings is 2. The molecule has 0 saturated carbocycles. The minimum atomic E-state index is -0.748. The summed E-state index contributed by atoms with van der Waals surface area (Å²) in [6.45, 7) is 5.90. The molecule has 2 fully saturated rings. The fraction of sp³-hybridized carbons (Fsp3) is 0.444. The summed E-state index contributed by atoms with van der Waals surface area (Å²) in [6, 6.07) is 15.0. The fourth-order valence-electron chi connectivity index (χ4n) is 5.62. The van der Waals surface area contributed by atoms with Gasteiger partial charge in [0.1, 0.15) is 24.5 Å². The number of aldehydes is 1. The predicted octanol–water partition coefficient (Wildman–Crippen LogP) is 4.59. The zero-order valence-electron chi connectivity index (χ0n) is 19.8. The third-order valence-electron chi connectivity index (χ3n) is 7.02. The second-order valence-corrected chi connectivity index (χ2v) is 10.3. The van der Waals surface area contributed by atoms with Crippen LogP contribution in [0.4, 0.5) is 9.59 Å². The van der Waals surface area contributed by atoms with Crippen molar-refractivity contribution in [1.82, 2.24) is 9.80 Å². The first kappa shape index (κ1) is 22.4. The Bertz CT molecular complexity index is 1080. The van der Waals surface area contributed by atoms with Gasteiger partial charge < -0.3 is 14.3 Å². The second kappa shape index (κ2) is 8.46. The number of nitrogens with zero attached hydrogens (tertiary/aromatic N) is 2. The topological polar surface area (TPSA) is 76.2 Å². The lowest BCUT2D eigenvalue weighted by molar-refractivity contribution is -0.116. The monoisotopic (exact) mass is 462 g/mol. The summed E-state index contributed by atoms with van der Waals surface area (Å²) < 4.78 is 11.4. The third-order valence-corrected chi connectivity index (χ3v) is 7.02. The summed E-state index contributed by atoms with van der Waals surface area (Å²) in [4.78, 5) is 41.2. The number of hydrogen-bond donors (Lipinski definition) is 0. The van der Waals surface area contributed by atoms with E-state index in [1.807, 2.05) is 45.0 Å². The van der Waals surface area contributed by atoms with Gasteiger partial charge in [-0.2, -0.15) is 0 Å². The average Bonchev–Trinajstić information content (AvgIpc) is 3.30. The van der Waals surface area contributed by atoms with Crippen molar-refractivity contribution < 1.29 is 23.9 Å². The lowest BCUT2D eigenvalue weighted by Crippen LogP contribution is -2.63. The van der Waals surface area contributed by atoms with Crippen molar-refractivity contribution in [2.45, 2.75) is 63.3 Å². The summed E-state index contributed by atoms with van der Waals surface area (Å²) in [5, 5.41) is 0. The van der Waals surface area contributed by atoms with Gasteiger partial charge in [0.2, 0.25) is 0 Å². The van der Waals surface area contributed by atoms with E-state index in [9.17, 15) is 14.4 Å². The summed E-state index contributed by atoms with van der Waals surface area (Å²) in [5.74, 6) is -0.0502. The molecule has 0 unspecified atom stereocenters. The highest BCUT2D eigenvalue weighted by molar-refractivity contribution is 5.80. The summed E-state index contributed by atoms with van der Waals surface area (Å²) >= 11 is 0. The van der Waals surface area contributed by atoms with Gasteiger partial charge >= 0.3 is 12.2 Å². The number of hydrogen-bond acceptors (Lipinski definition) is 5. The van der Waals surface area contributed by atoms with Crippen molar-refractivity contribution >= 4 is 18.5 Å². The maximum atomic E-state index is 13.2. The molecule has 178 valence electrons. The normalized spacial score (nSPS) is 23.3. The molecule has 2 saturated heterocycles. The van der Waals surface area contributed by atoms with Gasteiger partial charge in [-0.15, -0.1) is 0 Å². The Morgan fingerprint density at radius 3 is 2.18 bits per heavy atom. The zero-order valence-corrected chi connectivity index (χ0v) is 19.8. The molecule has 0 spiro atoms. The van der Waals surface area contributed by atoms with Crippen molar-refractivity contribution in [2.24, 2.45) is 0 Å². The molecule has 3 aliphatic rings. The van der Waals surface area contributed by atoms with Crippen LogP contribution >= 0.6 is 0 Å². The van der Waals surface area contributed by atoms with Crippen LogP contribution in [0.3, 0.4) is 0 Å². The number of piperazine rings is 1. The Labute approximate surface area is 199 Å². The summed E-state index contributed by atoms with van der Waals surface area (Å²) in [5.41, 5.74) is 3.97. The predicted molar refractivity (Wildman–Crippen MR) is 127 cm³/mol. The zero-order chi connectivity index (χ0) is 24.0. The molecule has 2 bridgehead atoms. The number of rotatable bonds is 3. The number of likely N-dealkylation sites (tertiary alicyclic amines) is 1. The summed E-state index contributed by atoms with van der Waals surface area (Å²) in [7, 11) is 0. The Morgan fingerprint density at radius 1 is 0.971 bits per heavy atom. The molecule has 7 heteroatoms. The minimum absolute atomic E-state index is 0.0502. The van der Waals surface area contributed by atoms with Crippen LogP contribution in [-0.4, -0.2) is 65.2 Å². The standard InChI is InChI=1S/C27H30N2O5/c1-27(2,3)34-26(32)29-17-12-13-23(29)24(15-30)28(14-17)25(31)33-16-22-20-10-6-4-8-18(20)19-9-5-7-11-21(19)22/h4-11,15,17,22-24H,12-14,16H2,1-3H3/t17-,23+,24+/m0/s1. The Kier molecular flexibility index (Phi) is 5.58. The van der Waals surface area contributed by atoms with Crippen LogP contribution in [0.15, 0.2) is 48.5 Å². The van der Waals surface area contributed by atoms with Gasteiger partial charge in [0.15, 0.2) is 0 Å². The van der Waals surface area contributed by atoms with Crippen molar-refractivity contribution in [1.29, 1.82) is 0 Å². The molecule has 2 aromatic rings. The molecule has 0 radical (unpaired) electrons. The first-order valence-corrected chi connectivity index (χ1v) is 11.9. The summed E-state index contributed by atoms with van der Waals surface area (Å²) in [6.07, 6.45) is 1.19. The van der Waals surface area contributed by atoms with Crippen molar-refractivity contribution in [3.8, 4) is 11.1 Å². The van der Waals surface area contributed by atoms with Gasteiger partial charge in [0.25, 0.3) is 0 Å². The number of fused-ring (bicyclic) bond motifs is 5. The molecule has 2 aliphatic heterocycles. The van der Waals surface area contributed by atoms with Crippen LogP contribution in [0, 0.1) is 0 Å². The molecule has 3 atom stereocenters. The average molecular weight is 463 g/mol. The first-order chi connectivity index (χ1) is 16.3. The smallest absolute Gasteiger partial charge is 0.410 e. The van der Waals surface area contributed by atoms with Crippen molar-refractivity contribution in [2.75, 3.05) is 13.2 Å². The molecular weight excluding hydrogens is 432 g/mol. The van der Waals surface area contributed by atoms with E-state index in [1.165, 1.54) is 4.90 Å². The molecule has 34 heavy (non-hydrogen) atoms. The molecule has 7 nitrogen and oxygen atoms in total. The molecule has 2 aromatic carbocycles. The molecule has 2 amide bonds. The molecule has 0 N–H and O–H groups in total. The fourth-order valence-corrected chi connectivity index (χ4v) is 5.62. The maximum absolute atomic E-state index is 13.2. The van der Waals surface area contributed by atoms with Gasteiger partial charge in [0.05, 0.1) is 12.1 Å². The van der Waals surface area contributed by atoms with Crippen molar-refractivity contribution in [3.05, 3.63) is 59.7 Å². The van der Waals surface area contributed by atoms with Gasteiger partial charge in [0, 0.05) is 12.5 Å². The highest BCUT2D eigenvalue weighted by Gasteiger charge is 2.51. The van der Waals surface area contributed by atoms with Gasteiger partial charge in [-0.3, -0.25) is 9.80 Å². The van der Waals surface area contributed by atoms with E-state index in [2.05, 4.69) is 24.3 Å². The van der Waals surface area contributed by atoms with Gasteiger partial charge in [-0.1, -0.05) is 48.5 Å². The number of carbonyl (C=O) groups is 3. The quantitative estimate of drug-likeness (QED) is 0.624. The van der Waals surface area contributed by atoms with E-state index in [0.717, 1.165) is 35.0 Å². The first-order valence-electron chi connectivity index (χ1n) is 11.9. The van der Waals surface area contributed by atoms with E-state index < -0.39 is 29.9 Å². The molecular formula is C27H30N2O5. The van der Waals surface area contributed by atoms with E-state index >= 15 is 0 Å². The molecule has 2 heterocycles. The highest BCUT2D eigenvalue weighted by Crippen LogP contribution is 2.44. The molecule has 5 rings (SSSR count). The minimum Gasteiger partial charge on any atom is -0.448 e. The Balaban J connectivity index is 1.31. The van der Waals surface area contributed by atoms with E-state index in [1.54, 1.807) is 4.90 Å². The number of amides is 2. The van der Waals surface area contributed by atoms with Crippen LogP contribution < -0.4 is 0 Å². The Hall–Kier alpha value is -3.35. The Morgan fingerprint density at radius 2 is 1.59 bits per heavy atom. The molecule has 0 aromatic heterocycles. The highest BCUT2D eigenvalue weighted by atomic mass is 16.6. The van der Waals surface area contributed by atoms with Crippen LogP contribution in [0.25, 0.3) is 11.1 Å². The van der Waals surface area contributed by atoms with Crippen LogP contribution in [-0.2, 0) is 14.3 Å². The van der Waals surface area contributed by atoms with E-state index in [0.29, 0.717) is 6.42 Å². The van der Waals surface area contributed by atoms with E-state index in [-0.39, 0.29) is 25.1 Å². The second-order valence-electron chi connectivity index (χ2n) is 10.3. The van der Waals surface area contributed by atoms with Crippen LogP contribution in [0.2, 0.25) is 0 Å². The van der Waals surface area contributed by atoms with Crippen LogP contribution in [0.1, 0.15) is 50.7 Å². The largest absolute Gasteiger partial charge is 0.448 e. The SMILES string of the molecule is CC(C)(C)OC(=O)N1[C@H]2CC[C@@H]1[C@@H](C=O)N(C(=O)OCC1c3ccccc3-c3ccccc31)C2. The third kappa shape index (κ3) is 3.83. The van der Waals surface area contributed by atoms with Gasteiger partial charge in [-0.25, -0.2) is 9.59 Å². The van der Waals surface area contributed by atoms with Gasteiger partial charge in [-0.05, 0) is 55.9 Å².